The molecule has 0 N–H and O–H groups in total. The second-order valence-electron chi connectivity index (χ2n) is 7.60. The van der Waals surface area contributed by atoms with Gasteiger partial charge in [-0.1, -0.05) is 0 Å². The molecular formula is C21H28I-. The molecule has 0 saturated carbocycles. The van der Waals surface area contributed by atoms with Crippen LogP contribution >= 0.6 is 0 Å². The summed E-state index contributed by atoms with van der Waals surface area (Å²) in [7, 11) is 0. The summed E-state index contributed by atoms with van der Waals surface area (Å²) in [4.78, 5) is 0. The van der Waals surface area contributed by atoms with E-state index >= 15 is 0 Å². The Balaban J connectivity index is 2.11. The van der Waals surface area contributed by atoms with Crippen molar-refractivity contribution in [1.82, 2.24) is 0 Å². The first-order valence-corrected chi connectivity index (χ1v) is 10.2. The van der Waals surface area contributed by atoms with E-state index in [2.05, 4.69) is 90.1 Å². The van der Waals surface area contributed by atoms with Gasteiger partial charge in [-0.05, 0) is 0 Å². The molecule has 22 heavy (non-hydrogen) atoms. The maximum atomic E-state index is 2.33. The van der Waals surface area contributed by atoms with Crippen LogP contribution in [0, 0.1) is 7.14 Å². The molecule has 2 rings (SSSR count). The van der Waals surface area contributed by atoms with Gasteiger partial charge in [0.25, 0.3) is 0 Å². The molecule has 0 spiro atoms. The van der Waals surface area contributed by atoms with Gasteiger partial charge in [0.2, 0.25) is 0 Å². The number of hydrogen-bond acceptors (Lipinski definition) is 0. The van der Waals surface area contributed by atoms with Gasteiger partial charge in [-0.3, -0.25) is 0 Å². The SMILES string of the molecule is CCC(C)(C)c1ccc([I-]c2ccc(C(C)(C)C)cc2)cc1. The van der Waals surface area contributed by atoms with Crippen LogP contribution in [0.25, 0.3) is 0 Å². The number of hydrogen-bond donors (Lipinski definition) is 0. The van der Waals surface area contributed by atoms with Crippen LogP contribution in [0.3, 0.4) is 0 Å². The average Bonchev–Trinajstić information content (AvgIpc) is 2.47. The van der Waals surface area contributed by atoms with Crippen LogP contribution in [0.15, 0.2) is 48.5 Å². The summed E-state index contributed by atoms with van der Waals surface area (Å²) in [5.41, 5.74) is 3.39. The van der Waals surface area contributed by atoms with Crippen molar-refractivity contribution in [2.75, 3.05) is 0 Å². The van der Waals surface area contributed by atoms with Gasteiger partial charge in [0, 0.05) is 0 Å². The Labute approximate surface area is 146 Å². The van der Waals surface area contributed by atoms with Crippen LogP contribution in [-0.2, 0) is 10.8 Å². The van der Waals surface area contributed by atoms with E-state index in [-0.39, 0.29) is 32.0 Å². The van der Waals surface area contributed by atoms with E-state index in [1.807, 2.05) is 0 Å². The van der Waals surface area contributed by atoms with Crippen LogP contribution in [0.4, 0.5) is 0 Å². The molecule has 0 atom stereocenters. The molecule has 120 valence electrons. The predicted molar refractivity (Wildman–Crippen MR) is 92.3 cm³/mol. The second-order valence-corrected chi connectivity index (χ2v) is 10.6. The molecule has 2 aromatic rings. The predicted octanol–water partition coefficient (Wildman–Crippen LogP) is 2.80. The maximum absolute atomic E-state index is 2.33. The topological polar surface area (TPSA) is 0 Å². The van der Waals surface area contributed by atoms with Gasteiger partial charge in [-0.25, -0.2) is 0 Å². The molecular weight excluding hydrogens is 379 g/mol. The number of benzene rings is 2. The Morgan fingerprint density at radius 1 is 0.682 bits per heavy atom. The van der Waals surface area contributed by atoms with E-state index in [1.165, 1.54) is 24.7 Å². The molecule has 0 bridgehead atoms. The third-order valence-corrected chi connectivity index (χ3v) is 7.12. The van der Waals surface area contributed by atoms with E-state index in [1.54, 1.807) is 0 Å². The van der Waals surface area contributed by atoms with Gasteiger partial charge in [0.1, 0.15) is 0 Å². The van der Waals surface area contributed by atoms with Gasteiger partial charge in [0.15, 0.2) is 0 Å². The fraction of sp³-hybridized carbons (Fsp3) is 0.429. The summed E-state index contributed by atoms with van der Waals surface area (Å²) in [6, 6.07) is 18.5. The monoisotopic (exact) mass is 407 g/mol. The van der Waals surface area contributed by atoms with Gasteiger partial charge in [0.05, 0.1) is 0 Å². The Bertz CT molecular complexity index is 598. The molecule has 0 heterocycles. The van der Waals surface area contributed by atoms with E-state index in [0.29, 0.717) is 0 Å². The summed E-state index contributed by atoms with van der Waals surface area (Å²) in [6.07, 6.45) is 1.18. The van der Waals surface area contributed by atoms with Crippen molar-refractivity contribution in [3.8, 4) is 0 Å². The Hall–Kier alpha value is -0.830. The Kier molecular flexibility index (Phi) is 5.37. The molecule has 0 saturated heterocycles. The van der Waals surface area contributed by atoms with E-state index in [4.69, 9.17) is 0 Å². The molecule has 0 aliphatic carbocycles. The van der Waals surface area contributed by atoms with E-state index in [9.17, 15) is 0 Å². The molecule has 0 aliphatic rings. The van der Waals surface area contributed by atoms with E-state index < -0.39 is 0 Å². The van der Waals surface area contributed by atoms with Crippen molar-refractivity contribution in [3.05, 3.63) is 66.8 Å². The minimum atomic E-state index is -0.0748. The van der Waals surface area contributed by atoms with Crippen molar-refractivity contribution in [1.29, 1.82) is 0 Å². The van der Waals surface area contributed by atoms with Crippen molar-refractivity contribution >= 4 is 0 Å². The van der Waals surface area contributed by atoms with Gasteiger partial charge < -0.3 is 0 Å². The first-order valence-electron chi connectivity index (χ1n) is 8.08. The first-order chi connectivity index (χ1) is 10.2. The van der Waals surface area contributed by atoms with Crippen LogP contribution in [0.1, 0.15) is 59.1 Å². The van der Waals surface area contributed by atoms with Gasteiger partial charge in [-0.15, -0.1) is 0 Å². The summed E-state index contributed by atoms with van der Waals surface area (Å²) in [5, 5.41) is 0. The summed E-state index contributed by atoms with van der Waals surface area (Å²) in [6.45, 7) is 13.7. The van der Waals surface area contributed by atoms with Crippen molar-refractivity contribution < 1.29 is 21.2 Å². The molecule has 0 aromatic heterocycles. The molecule has 0 radical (unpaired) electrons. The molecule has 0 aliphatic heterocycles. The zero-order valence-corrected chi connectivity index (χ0v) is 16.9. The van der Waals surface area contributed by atoms with Gasteiger partial charge >= 0.3 is 147 Å². The Morgan fingerprint density at radius 2 is 1.09 bits per heavy atom. The molecule has 0 nitrogen and oxygen atoms in total. The van der Waals surface area contributed by atoms with Crippen LogP contribution < -0.4 is 21.2 Å². The molecule has 0 fully saturated rings. The summed E-state index contributed by atoms with van der Waals surface area (Å²) < 4.78 is 2.99. The fourth-order valence-electron chi connectivity index (χ4n) is 2.31. The molecule has 0 unspecified atom stereocenters. The molecule has 0 amide bonds. The van der Waals surface area contributed by atoms with E-state index in [0.717, 1.165) is 0 Å². The Morgan fingerprint density at radius 3 is 1.45 bits per heavy atom. The quantitative estimate of drug-likeness (QED) is 0.684. The van der Waals surface area contributed by atoms with Crippen molar-refractivity contribution in [2.24, 2.45) is 0 Å². The minimum absolute atomic E-state index is 0.0748. The summed E-state index contributed by atoms with van der Waals surface area (Å²) in [5.74, 6) is 0. The van der Waals surface area contributed by atoms with Gasteiger partial charge in [-0.2, -0.15) is 0 Å². The second kappa shape index (κ2) is 6.74. The average molecular weight is 407 g/mol. The van der Waals surface area contributed by atoms with Crippen molar-refractivity contribution in [2.45, 2.75) is 58.8 Å². The molecule has 1 heteroatoms. The number of rotatable bonds is 4. The third-order valence-electron chi connectivity index (χ3n) is 4.44. The number of halogens is 1. The zero-order valence-electron chi connectivity index (χ0n) is 14.7. The first kappa shape index (κ1) is 17.5. The van der Waals surface area contributed by atoms with Crippen LogP contribution in [0.2, 0.25) is 0 Å². The standard InChI is InChI=1S/C21H28I/c1-7-21(5,6)17-10-14-19(15-11-17)22-18-12-8-16(9-13-18)20(2,3)4/h8-15H,7H2,1-6H3/q-1. The normalized spacial score (nSPS) is 12.6. The van der Waals surface area contributed by atoms with Crippen LogP contribution in [-0.4, -0.2) is 0 Å². The zero-order chi connectivity index (χ0) is 16.4. The third kappa shape index (κ3) is 4.34. The molecule has 2 aromatic carbocycles. The van der Waals surface area contributed by atoms with Crippen LogP contribution in [0.5, 0.6) is 0 Å². The fourth-order valence-corrected chi connectivity index (χ4v) is 4.46. The van der Waals surface area contributed by atoms with Crippen molar-refractivity contribution in [3.63, 3.8) is 0 Å². The summed E-state index contributed by atoms with van der Waals surface area (Å²) >= 11 is -0.0748.